The fraction of sp³-hybridized carbons (Fsp3) is 0.921. The molecule has 6 nitrogen and oxygen atoms in total. The van der Waals surface area contributed by atoms with Gasteiger partial charge in [0.15, 0.2) is 0 Å². The lowest BCUT2D eigenvalue weighted by atomic mass is 10.0. The number of esters is 1. The van der Waals surface area contributed by atoms with Crippen LogP contribution in [0.1, 0.15) is 425 Å². The summed E-state index contributed by atoms with van der Waals surface area (Å²) in [5, 5.41) is 23.1. The Kier molecular flexibility index (Phi) is 70.4. The van der Waals surface area contributed by atoms with Gasteiger partial charge in [-0.15, -0.1) is 0 Å². The Hall–Kier alpha value is -1.66. The van der Waals surface area contributed by atoms with E-state index in [1.807, 2.05) is 6.08 Å². The van der Waals surface area contributed by atoms with Crippen molar-refractivity contribution in [3.63, 3.8) is 0 Å². The summed E-state index contributed by atoms with van der Waals surface area (Å²) in [5.41, 5.74) is 0. The molecule has 0 heterocycles. The maximum absolute atomic E-state index is 12.5. The third kappa shape index (κ3) is 67.5. The summed E-state index contributed by atoms with van der Waals surface area (Å²) in [6, 6.07) is -0.624. The van der Waals surface area contributed by atoms with Crippen LogP contribution in [0, 0.1) is 0 Å². The van der Waals surface area contributed by atoms with Crippen LogP contribution in [-0.4, -0.2) is 47.4 Å². The number of rotatable bonds is 71. The highest BCUT2D eigenvalue weighted by Gasteiger charge is 2.18. The van der Waals surface area contributed by atoms with Gasteiger partial charge in [0.1, 0.15) is 0 Å². The number of hydrogen-bond donors (Lipinski definition) is 3. The molecular formula is C76H147NO5. The van der Waals surface area contributed by atoms with Crippen LogP contribution in [0.5, 0.6) is 0 Å². The summed E-state index contributed by atoms with van der Waals surface area (Å²) < 4.78 is 5.51. The summed E-state index contributed by atoms with van der Waals surface area (Å²) in [6.45, 7) is 4.94. The fourth-order valence-electron chi connectivity index (χ4n) is 12.0. The zero-order valence-electron chi connectivity index (χ0n) is 55.8. The molecule has 2 unspecified atom stereocenters. The maximum Gasteiger partial charge on any atom is 0.305 e. The first-order valence-electron chi connectivity index (χ1n) is 37.6. The second-order valence-electron chi connectivity index (χ2n) is 26.0. The Morgan fingerprint density at radius 3 is 0.866 bits per heavy atom. The predicted molar refractivity (Wildman–Crippen MR) is 361 cm³/mol. The van der Waals surface area contributed by atoms with Gasteiger partial charge in [0.05, 0.1) is 25.4 Å². The van der Waals surface area contributed by atoms with E-state index >= 15 is 0 Å². The molecule has 2 atom stereocenters. The quantitative estimate of drug-likeness (QED) is 0.0320. The number of aliphatic hydroxyl groups excluding tert-OH is 2. The van der Waals surface area contributed by atoms with Crippen molar-refractivity contribution < 1.29 is 24.5 Å². The van der Waals surface area contributed by atoms with E-state index in [1.165, 1.54) is 360 Å². The van der Waals surface area contributed by atoms with Crippen LogP contribution < -0.4 is 5.32 Å². The van der Waals surface area contributed by atoms with Crippen LogP contribution in [0.2, 0.25) is 0 Å². The van der Waals surface area contributed by atoms with Crippen molar-refractivity contribution in [1.29, 1.82) is 0 Å². The van der Waals surface area contributed by atoms with E-state index in [4.69, 9.17) is 4.74 Å². The van der Waals surface area contributed by atoms with E-state index < -0.39 is 12.1 Å². The molecule has 6 heteroatoms. The van der Waals surface area contributed by atoms with Gasteiger partial charge in [-0.05, 0) is 57.8 Å². The van der Waals surface area contributed by atoms with Crippen molar-refractivity contribution in [2.24, 2.45) is 0 Å². The van der Waals surface area contributed by atoms with Crippen molar-refractivity contribution in [2.75, 3.05) is 13.2 Å². The standard InChI is InChI=1S/C76H147NO5/c1-3-5-7-9-11-13-15-17-18-38-42-46-50-54-58-62-66-70-76(81)82-71-67-63-59-55-51-47-43-40-37-35-33-31-29-27-25-23-21-19-20-22-24-26-28-30-32-34-36-39-41-45-49-53-57-61-65-69-75(80)77-73(72-78)74(79)68-64-60-56-52-48-44-16-14-12-10-8-6-4-2/h21,23,64,68,73-74,78-79H,3-20,22,24-63,65-67,69-72H2,1-2H3,(H,77,80)/b23-21-,68-64+. The number of nitrogens with one attached hydrogen (secondary N) is 1. The molecule has 0 aliphatic carbocycles. The van der Waals surface area contributed by atoms with E-state index in [9.17, 15) is 19.8 Å². The number of hydrogen-bond acceptors (Lipinski definition) is 5. The minimum atomic E-state index is -0.841. The number of unbranched alkanes of at least 4 members (excludes halogenated alkanes) is 58. The van der Waals surface area contributed by atoms with Gasteiger partial charge < -0.3 is 20.3 Å². The molecule has 0 aliphatic rings. The molecule has 82 heavy (non-hydrogen) atoms. The summed E-state index contributed by atoms with van der Waals surface area (Å²) in [4.78, 5) is 24.6. The molecule has 0 aromatic rings. The number of carbonyl (C=O) groups excluding carboxylic acids is 2. The number of carbonyl (C=O) groups is 2. The first kappa shape index (κ1) is 80.3. The Morgan fingerprint density at radius 2 is 0.573 bits per heavy atom. The molecule has 1 amide bonds. The summed E-state index contributed by atoms with van der Waals surface area (Å²) in [7, 11) is 0. The normalized spacial score (nSPS) is 12.6. The zero-order chi connectivity index (χ0) is 59.2. The number of aliphatic hydroxyl groups is 2. The first-order valence-corrected chi connectivity index (χ1v) is 37.6. The minimum absolute atomic E-state index is 0.0247. The summed E-state index contributed by atoms with van der Waals surface area (Å²) in [5.74, 6) is -0.0378. The molecule has 0 saturated carbocycles. The van der Waals surface area contributed by atoms with Gasteiger partial charge >= 0.3 is 5.97 Å². The lowest BCUT2D eigenvalue weighted by Gasteiger charge is -2.20. The number of ether oxygens (including phenoxy) is 1. The predicted octanol–water partition coefficient (Wildman–Crippen LogP) is 24.5. The highest BCUT2D eigenvalue weighted by Crippen LogP contribution is 2.19. The van der Waals surface area contributed by atoms with Crippen molar-refractivity contribution in [2.45, 2.75) is 437 Å². The van der Waals surface area contributed by atoms with Crippen LogP contribution >= 0.6 is 0 Å². The van der Waals surface area contributed by atoms with Crippen molar-refractivity contribution in [3.8, 4) is 0 Å². The lowest BCUT2D eigenvalue weighted by molar-refractivity contribution is -0.143. The molecule has 0 bridgehead atoms. The molecule has 0 aromatic carbocycles. The Labute approximate surface area is 513 Å². The molecule has 0 rings (SSSR count). The molecule has 0 aromatic heterocycles. The minimum Gasteiger partial charge on any atom is -0.466 e. The van der Waals surface area contributed by atoms with Crippen LogP contribution in [-0.2, 0) is 14.3 Å². The smallest absolute Gasteiger partial charge is 0.305 e. The van der Waals surface area contributed by atoms with Gasteiger partial charge in [0.2, 0.25) is 5.91 Å². The highest BCUT2D eigenvalue weighted by molar-refractivity contribution is 5.76. The second-order valence-corrected chi connectivity index (χ2v) is 26.0. The van der Waals surface area contributed by atoms with E-state index in [2.05, 4.69) is 31.3 Å². The number of amides is 1. The molecule has 0 saturated heterocycles. The average Bonchev–Trinajstić information content (AvgIpc) is 3.48. The number of allylic oxidation sites excluding steroid dienone is 3. The first-order chi connectivity index (χ1) is 40.5. The monoisotopic (exact) mass is 1150 g/mol. The van der Waals surface area contributed by atoms with Crippen molar-refractivity contribution >= 4 is 11.9 Å². The molecule has 0 radical (unpaired) electrons. The van der Waals surface area contributed by atoms with Crippen LogP contribution in [0.25, 0.3) is 0 Å². The third-order valence-electron chi connectivity index (χ3n) is 17.7. The van der Waals surface area contributed by atoms with E-state index in [0.717, 1.165) is 38.5 Å². The van der Waals surface area contributed by atoms with Crippen molar-refractivity contribution in [1.82, 2.24) is 5.32 Å². The van der Waals surface area contributed by atoms with Gasteiger partial charge in [-0.25, -0.2) is 0 Å². The molecular weight excluding hydrogens is 1010 g/mol. The van der Waals surface area contributed by atoms with E-state index in [1.54, 1.807) is 6.08 Å². The molecule has 0 fully saturated rings. The largest absolute Gasteiger partial charge is 0.466 e. The summed E-state index contributed by atoms with van der Waals surface area (Å²) >= 11 is 0. The lowest BCUT2D eigenvalue weighted by Crippen LogP contribution is -2.45. The molecule has 486 valence electrons. The highest BCUT2D eigenvalue weighted by atomic mass is 16.5. The van der Waals surface area contributed by atoms with Crippen LogP contribution in [0.4, 0.5) is 0 Å². The van der Waals surface area contributed by atoms with Gasteiger partial charge in [0.25, 0.3) is 0 Å². The van der Waals surface area contributed by atoms with Crippen molar-refractivity contribution in [3.05, 3.63) is 24.3 Å². The Bertz CT molecular complexity index is 1280. The molecule has 3 N–H and O–H groups in total. The van der Waals surface area contributed by atoms with Gasteiger partial charge in [0, 0.05) is 12.8 Å². The van der Waals surface area contributed by atoms with Crippen LogP contribution in [0.3, 0.4) is 0 Å². The van der Waals surface area contributed by atoms with Gasteiger partial charge in [-0.1, -0.05) is 378 Å². The molecule has 0 spiro atoms. The third-order valence-corrected chi connectivity index (χ3v) is 17.7. The van der Waals surface area contributed by atoms with E-state index in [0.29, 0.717) is 19.4 Å². The Morgan fingerprint density at radius 1 is 0.329 bits per heavy atom. The Balaban J connectivity index is 3.32. The summed E-state index contributed by atoms with van der Waals surface area (Å²) in [6.07, 6.45) is 91.5. The van der Waals surface area contributed by atoms with Gasteiger partial charge in [-0.2, -0.15) is 0 Å². The van der Waals surface area contributed by atoms with Gasteiger partial charge in [-0.3, -0.25) is 9.59 Å². The zero-order valence-corrected chi connectivity index (χ0v) is 55.8. The van der Waals surface area contributed by atoms with E-state index in [-0.39, 0.29) is 18.5 Å². The SMILES string of the molecule is CCCCCCCCCCCCC/C=C/C(O)C(CO)NC(=O)CCCCCCCCCCCCCCCCCCC/C=C\CCCCCCCCCCCCCCCCOC(=O)CCCCCCCCCCCCCCCCCCC. The van der Waals surface area contributed by atoms with Crippen LogP contribution in [0.15, 0.2) is 24.3 Å². The molecule has 0 aliphatic heterocycles. The topological polar surface area (TPSA) is 95.9 Å². The second kappa shape index (κ2) is 71.8. The maximum atomic E-state index is 12.5. The fourth-order valence-corrected chi connectivity index (χ4v) is 12.0. The average molecular weight is 1160 g/mol.